The predicted molar refractivity (Wildman–Crippen MR) is 74.9 cm³/mol. The first-order valence-electron chi connectivity index (χ1n) is 6.80. The number of nitro groups is 1. The molecule has 0 saturated carbocycles. The van der Waals surface area contributed by atoms with Gasteiger partial charge in [0.15, 0.2) is 0 Å². The summed E-state index contributed by atoms with van der Waals surface area (Å²) in [5, 5.41) is 17.1. The van der Waals surface area contributed by atoms with Crippen molar-refractivity contribution in [2.75, 3.05) is 30.4 Å². The van der Waals surface area contributed by atoms with Crippen molar-refractivity contribution >= 4 is 17.5 Å². The van der Waals surface area contributed by atoms with Gasteiger partial charge in [0.1, 0.15) is 6.20 Å². The van der Waals surface area contributed by atoms with Crippen LogP contribution in [0.4, 0.5) is 17.5 Å². The Morgan fingerprint density at radius 2 is 2.45 bits per heavy atom. The minimum atomic E-state index is -0.477. The molecule has 2 rings (SSSR count). The number of ether oxygens (including phenoxy) is 1. The van der Waals surface area contributed by atoms with Crippen LogP contribution in [0.3, 0.4) is 0 Å². The largest absolute Gasteiger partial charge is 0.379 e. The molecule has 0 amide bonds. The zero-order chi connectivity index (χ0) is 14.4. The van der Waals surface area contributed by atoms with Gasteiger partial charge in [-0.3, -0.25) is 10.1 Å². The van der Waals surface area contributed by atoms with Crippen LogP contribution in [0.5, 0.6) is 0 Å². The van der Waals surface area contributed by atoms with Crippen molar-refractivity contribution in [1.29, 1.82) is 0 Å². The van der Waals surface area contributed by atoms with Crippen LogP contribution in [-0.2, 0) is 4.74 Å². The normalized spacial score (nSPS) is 18.6. The third kappa shape index (κ3) is 3.77. The van der Waals surface area contributed by atoms with Gasteiger partial charge in [-0.15, -0.1) is 0 Å². The summed E-state index contributed by atoms with van der Waals surface area (Å²) in [4.78, 5) is 18.7. The highest BCUT2D eigenvalue weighted by Crippen LogP contribution is 2.24. The maximum Gasteiger partial charge on any atom is 0.329 e. The summed E-state index contributed by atoms with van der Waals surface area (Å²) in [7, 11) is 0. The van der Waals surface area contributed by atoms with Gasteiger partial charge in [-0.25, -0.2) is 4.98 Å². The lowest BCUT2D eigenvalue weighted by Gasteiger charge is -2.23. The molecule has 1 aliphatic rings. The molecule has 1 aliphatic heterocycles. The van der Waals surface area contributed by atoms with E-state index in [1.54, 1.807) is 0 Å². The van der Waals surface area contributed by atoms with E-state index in [4.69, 9.17) is 4.74 Å². The number of hydrogen-bond acceptors (Lipinski definition) is 7. The average Bonchev–Trinajstić information content (AvgIpc) is 2.46. The average molecular weight is 281 g/mol. The molecule has 2 N–H and O–H groups in total. The van der Waals surface area contributed by atoms with Crippen molar-refractivity contribution in [3.63, 3.8) is 0 Å². The van der Waals surface area contributed by atoms with E-state index in [9.17, 15) is 10.1 Å². The number of aromatic nitrogens is 2. The highest BCUT2D eigenvalue weighted by atomic mass is 16.6. The quantitative estimate of drug-likeness (QED) is 0.605. The molecule has 8 nitrogen and oxygen atoms in total. The molecule has 20 heavy (non-hydrogen) atoms. The number of nitrogens with zero attached hydrogens (tertiary/aromatic N) is 3. The summed E-state index contributed by atoms with van der Waals surface area (Å²) < 4.78 is 5.36. The van der Waals surface area contributed by atoms with Gasteiger partial charge in [-0.05, 0) is 19.3 Å². The van der Waals surface area contributed by atoms with Crippen molar-refractivity contribution < 1.29 is 9.66 Å². The Morgan fingerprint density at radius 3 is 3.10 bits per heavy atom. The molecule has 0 radical (unpaired) electrons. The van der Waals surface area contributed by atoms with E-state index in [1.165, 1.54) is 6.20 Å². The van der Waals surface area contributed by atoms with Gasteiger partial charge < -0.3 is 15.4 Å². The summed E-state index contributed by atoms with van der Waals surface area (Å²) >= 11 is 0. The molecule has 1 aromatic rings. The van der Waals surface area contributed by atoms with E-state index in [-0.39, 0.29) is 17.5 Å². The van der Waals surface area contributed by atoms with Crippen LogP contribution in [0, 0.1) is 10.1 Å². The van der Waals surface area contributed by atoms with Crippen molar-refractivity contribution in [1.82, 2.24) is 9.97 Å². The summed E-state index contributed by atoms with van der Waals surface area (Å²) in [5.41, 5.74) is -0.113. The second-order valence-electron chi connectivity index (χ2n) is 4.67. The Morgan fingerprint density at radius 1 is 1.60 bits per heavy atom. The smallest absolute Gasteiger partial charge is 0.329 e. The van der Waals surface area contributed by atoms with Gasteiger partial charge in [0.05, 0.1) is 17.6 Å². The molecule has 0 aromatic carbocycles. The Hall–Kier alpha value is -1.96. The van der Waals surface area contributed by atoms with Gasteiger partial charge in [-0.1, -0.05) is 6.92 Å². The zero-order valence-corrected chi connectivity index (χ0v) is 11.5. The van der Waals surface area contributed by atoms with Gasteiger partial charge in [0, 0.05) is 13.2 Å². The zero-order valence-electron chi connectivity index (χ0n) is 11.5. The van der Waals surface area contributed by atoms with Crippen molar-refractivity contribution in [2.24, 2.45) is 0 Å². The van der Waals surface area contributed by atoms with E-state index in [1.807, 2.05) is 6.92 Å². The van der Waals surface area contributed by atoms with Gasteiger partial charge in [-0.2, -0.15) is 4.98 Å². The highest BCUT2D eigenvalue weighted by Gasteiger charge is 2.21. The SMILES string of the molecule is CCCNc1ncc([N+](=O)[O-])c(NC2CCCOC2)n1. The third-order valence-electron chi connectivity index (χ3n) is 3.00. The molecule has 110 valence electrons. The van der Waals surface area contributed by atoms with Crippen LogP contribution in [0.25, 0.3) is 0 Å². The van der Waals surface area contributed by atoms with Gasteiger partial charge in [0.25, 0.3) is 0 Å². The predicted octanol–water partition coefficient (Wildman–Crippen LogP) is 1.80. The molecule has 0 spiro atoms. The monoisotopic (exact) mass is 281 g/mol. The van der Waals surface area contributed by atoms with Crippen LogP contribution >= 0.6 is 0 Å². The molecule has 1 aromatic heterocycles. The Labute approximate surface area is 117 Å². The number of rotatable bonds is 6. The third-order valence-corrected chi connectivity index (χ3v) is 3.00. The molecular weight excluding hydrogens is 262 g/mol. The fraction of sp³-hybridized carbons (Fsp3) is 0.667. The van der Waals surface area contributed by atoms with Gasteiger partial charge in [0.2, 0.25) is 11.8 Å². The Kier molecular flexibility index (Phi) is 5.05. The fourth-order valence-corrected chi connectivity index (χ4v) is 1.99. The lowest BCUT2D eigenvalue weighted by Crippen LogP contribution is -2.30. The standard InChI is InChI=1S/C12H19N5O3/c1-2-5-13-12-14-7-10(17(18)19)11(16-12)15-9-4-3-6-20-8-9/h7,9H,2-6,8H2,1H3,(H2,13,14,15,16). The molecule has 2 heterocycles. The van der Waals surface area contributed by atoms with E-state index in [2.05, 4.69) is 20.6 Å². The van der Waals surface area contributed by atoms with Crippen LogP contribution in [0.2, 0.25) is 0 Å². The van der Waals surface area contributed by atoms with Crippen LogP contribution in [0.1, 0.15) is 26.2 Å². The minimum absolute atomic E-state index is 0.0522. The lowest BCUT2D eigenvalue weighted by molar-refractivity contribution is -0.384. The van der Waals surface area contributed by atoms with Crippen LogP contribution < -0.4 is 10.6 Å². The van der Waals surface area contributed by atoms with E-state index >= 15 is 0 Å². The highest BCUT2D eigenvalue weighted by molar-refractivity contribution is 5.57. The van der Waals surface area contributed by atoms with Crippen LogP contribution in [0.15, 0.2) is 6.20 Å². The van der Waals surface area contributed by atoms with E-state index in [0.29, 0.717) is 12.6 Å². The first-order valence-corrected chi connectivity index (χ1v) is 6.80. The molecule has 1 unspecified atom stereocenters. The minimum Gasteiger partial charge on any atom is -0.379 e. The second kappa shape index (κ2) is 6.99. The summed E-state index contributed by atoms with van der Waals surface area (Å²) in [6.45, 7) is 4.03. The molecule has 0 bridgehead atoms. The first-order chi connectivity index (χ1) is 9.70. The Balaban J connectivity index is 2.14. The molecule has 1 fully saturated rings. The maximum absolute atomic E-state index is 11.0. The topological polar surface area (TPSA) is 102 Å². The Bertz CT molecular complexity index is 462. The van der Waals surface area contributed by atoms with Crippen LogP contribution in [-0.4, -0.2) is 40.7 Å². The summed E-state index contributed by atoms with van der Waals surface area (Å²) in [6.07, 6.45) is 4.02. The summed E-state index contributed by atoms with van der Waals surface area (Å²) in [5.74, 6) is 0.649. The number of anilines is 2. The van der Waals surface area contributed by atoms with Crippen molar-refractivity contribution in [2.45, 2.75) is 32.2 Å². The van der Waals surface area contributed by atoms with E-state index in [0.717, 1.165) is 32.4 Å². The lowest BCUT2D eigenvalue weighted by atomic mass is 10.1. The van der Waals surface area contributed by atoms with Crippen molar-refractivity contribution in [3.05, 3.63) is 16.3 Å². The molecule has 0 aliphatic carbocycles. The summed E-state index contributed by atoms with van der Waals surface area (Å²) in [6, 6.07) is 0.0522. The second-order valence-corrected chi connectivity index (χ2v) is 4.67. The molecule has 1 atom stereocenters. The molecule has 8 heteroatoms. The molecule has 1 saturated heterocycles. The molecular formula is C12H19N5O3. The van der Waals surface area contributed by atoms with E-state index < -0.39 is 4.92 Å². The fourth-order valence-electron chi connectivity index (χ4n) is 1.99. The maximum atomic E-state index is 11.0. The number of hydrogen-bond donors (Lipinski definition) is 2. The first kappa shape index (κ1) is 14.4. The van der Waals surface area contributed by atoms with Gasteiger partial charge >= 0.3 is 5.69 Å². The number of nitrogens with one attached hydrogen (secondary N) is 2. The van der Waals surface area contributed by atoms with Crippen molar-refractivity contribution in [3.8, 4) is 0 Å².